The van der Waals surface area contributed by atoms with E-state index in [1.165, 1.54) is 5.56 Å². The SMILES string of the molecule is Cc1ccc(Cn2cc(-n3c(C4CCCN(S(=O)(=O)c5ccccc5)C4)n[nH]c3=S)cn2)cc1. The van der Waals surface area contributed by atoms with Crippen molar-refractivity contribution >= 4 is 22.2 Å². The lowest BCUT2D eigenvalue weighted by Crippen LogP contribution is -2.39. The number of sulfonamides is 1. The number of hydrogen-bond donors (Lipinski definition) is 1. The van der Waals surface area contributed by atoms with Crippen LogP contribution in [0.15, 0.2) is 71.9 Å². The van der Waals surface area contributed by atoms with Gasteiger partial charge in [0.2, 0.25) is 10.0 Å². The number of aryl methyl sites for hydroxylation is 1. The molecule has 4 aromatic rings. The number of H-pyrrole nitrogens is 1. The predicted octanol–water partition coefficient (Wildman–Crippen LogP) is 4.05. The largest absolute Gasteiger partial charge is 0.269 e. The van der Waals surface area contributed by atoms with Crippen molar-refractivity contribution in [3.05, 3.63) is 88.7 Å². The van der Waals surface area contributed by atoms with Crippen molar-refractivity contribution in [3.63, 3.8) is 0 Å². The van der Waals surface area contributed by atoms with Gasteiger partial charge in [-0.05, 0) is 49.7 Å². The highest BCUT2D eigenvalue weighted by Gasteiger charge is 2.33. The fraction of sp³-hybridized carbons (Fsp3) is 0.292. The molecule has 1 saturated heterocycles. The Balaban J connectivity index is 1.40. The second-order valence-corrected chi connectivity index (χ2v) is 10.9. The molecule has 1 aliphatic heterocycles. The molecule has 34 heavy (non-hydrogen) atoms. The molecule has 0 aliphatic carbocycles. The van der Waals surface area contributed by atoms with E-state index in [0.717, 1.165) is 29.9 Å². The number of nitrogens with zero attached hydrogens (tertiary/aromatic N) is 5. The minimum absolute atomic E-state index is 0.0827. The average Bonchev–Trinajstić information content (AvgIpc) is 3.47. The normalized spacial score (nSPS) is 17.1. The first-order valence-corrected chi connectivity index (χ1v) is 13.1. The van der Waals surface area contributed by atoms with Crippen molar-refractivity contribution in [2.24, 2.45) is 0 Å². The Bertz CT molecular complexity index is 1440. The average molecular weight is 495 g/mol. The molecular weight excluding hydrogens is 468 g/mol. The van der Waals surface area contributed by atoms with Crippen LogP contribution in [-0.4, -0.2) is 50.4 Å². The smallest absolute Gasteiger partial charge is 0.243 e. The molecule has 1 fully saturated rings. The molecule has 0 radical (unpaired) electrons. The molecule has 1 aliphatic rings. The predicted molar refractivity (Wildman–Crippen MR) is 132 cm³/mol. The summed E-state index contributed by atoms with van der Waals surface area (Å²) in [6.07, 6.45) is 5.29. The van der Waals surface area contributed by atoms with Crippen molar-refractivity contribution in [2.75, 3.05) is 13.1 Å². The van der Waals surface area contributed by atoms with Crippen LogP contribution in [0.1, 0.15) is 35.7 Å². The van der Waals surface area contributed by atoms with Crippen LogP contribution in [0.2, 0.25) is 0 Å². The third-order valence-electron chi connectivity index (χ3n) is 6.17. The Kier molecular flexibility index (Phi) is 6.20. The zero-order chi connectivity index (χ0) is 23.7. The third kappa shape index (κ3) is 4.48. The van der Waals surface area contributed by atoms with Crippen LogP contribution < -0.4 is 0 Å². The van der Waals surface area contributed by atoms with E-state index in [1.54, 1.807) is 34.8 Å². The number of aromatic amines is 1. The first kappa shape index (κ1) is 22.7. The molecular formula is C24H26N6O2S2. The van der Waals surface area contributed by atoms with E-state index in [4.69, 9.17) is 12.2 Å². The highest BCUT2D eigenvalue weighted by atomic mass is 32.2. The molecule has 3 heterocycles. The number of nitrogens with one attached hydrogen (secondary N) is 1. The highest BCUT2D eigenvalue weighted by molar-refractivity contribution is 7.89. The van der Waals surface area contributed by atoms with E-state index in [0.29, 0.717) is 29.3 Å². The molecule has 0 spiro atoms. The maximum atomic E-state index is 13.2. The molecule has 0 amide bonds. The van der Waals surface area contributed by atoms with Gasteiger partial charge in [0.05, 0.1) is 23.3 Å². The minimum Gasteiger partial charge on any atom is -0.269 e. The van der Waals surface area contributed by atoms with Crippen molar-refractivity contribution in [1.82, 2.24) is 28.9 Å². The summed E-state index contributed by atoms with van der Waals surface area (Å²) < 4.78 is 32.1. The zero-order valence-corrected chi connectivity index (χ0v) is 20.5. The van der Waals surface area contributed by atoms with E-state index in [1.807, 2.05) is 21.5 Å². The lowest BCUT2D eigenvalue weighted by molar-refractivity contribution is 0.307. The van der Waals surface area contributed by atoms with Crippen LogP contribution in [0.25, 0.3) is 5.69 Å². The second kappa shape index (κ2) is 9.28. The van der Waals surface area contributed by atoms with E-state index < -0.39 is 10.0 Å². The number of hydrogen-bond acceptors (Lipinski definition) is 5. The van der Waals surface area contributed by atoms with Crippen LogP contribution in [0.4, 0.5) is 0 Å². The minimum atomic E-state index is -3.56. The summed E-state index contributed by atoms with van der Waals surface area (Å²) in [6, 6.07) is 16.9. The molecule has 0 bridgehead atoms. The topological polar surface area (TPSA) is 88.8 Å². The number of benzene rings is 2. The first-order valence-electron chi connectivity index (χ1n) is 11.2. The standard InChI is InChI=1S/C24H26N6O2S2/c1-18-9-11-19(12-10-18)15-28-17-21(14-25-28)30-23(26-27-24(30)33)20-6-5-13-29(16-20)34(31,32)22-7-3-2-4-8-22/h2-4,7-12,14,17,20H,5-6,13,15-16H2,1H3,(H,27,33). The van der Waals surface area contributed by atoms with Gasteiger partial charge in [0.1, 0.15) is 5.82 Å². The van der Waals surface area contributed by atoms with Crippen molar-refractivity contribution in [1.29, 1.82) is 0 Å². The summed E-state index contributed by atoms with van der Waals surface area (Å²) in [5.41, 5.74) is 3.18. The summed E-state index contributed by atoms with van der Waals surface area (Å²) in [7, 11) is -3.56. The lowest BCUT2D eigenvalue weighted by atomic mass is 9.99. The lowest BCUT2D eigenvalue weighted by Gasteiger charge is -2.31. The van der Waals surface area contributed by atoms with Crippen LogP contribution in [0.3, 0.4) is 0 Å². The van der Waals surface area contributed by atoms with E-state index in [-0.39, 0.29) is 5.92 Å². The Morgan fingerprint density at radius 1 is 1.12 bits per heavy atom. The second-order valence-electron chi connectivity index (χ2n) is 8.62. The van der Waals surface area contributed by atoms with Crippen molar-refractivity contribution in [3.8, 4) is 5.69 Å². The number of rotatable bonds is 6. The summed E-state index contributed by atoms with van der Waals surface area (Å²) in [5, 5.41) is 11.9. The van der Waals surface area contributed by atoms with Gasteiger partial charge in [0.25, 0.3) is 0 Å². The van der Waals surface area contributed by atoms with Crippen molar-refractivity contribution < 1.29 is 8.42 Å². The first-order chi connectivity index (χ1) is 16.4. The zero-order valence-electron chi connectivity index (χ0n) is 18.8. The monoisotopic (exact) mass is 494 g/mol. The molecule has 5 rings (SSSR count). The van der Waals surface area contributed by atoms with Crippen molar-refractivity contribution in [2.45, 2.75) is 37.1 Å². The van der Waals surface area contributed by atoms with Gasteiger partial charge < -0.3 is 0 Å². The van der Waals surface area contributed by atoms with Crippen LogP contribution >= 0.6 is 12.2 Å². The van der Waals surface area contributed by atoms with E-state index >= 15 is 0 Å². The van der Waals surface area contributed by atoms with Gasteiger partial charge in [0, 0.05) is 25.2 Å². The Labute approximate surface area is 203 Å². The molecule has 2 aromatic carbocycles. The maximum absolute atomic E-state index is 13.2. The van der Waals surface area contributed by atoms with Crippen LogP contribution in [-0.2, 0) is 16.6 Å². The fourth-order valence-electron chi connectivity index (χ4n) is 4.38. The summed E-state index contributed by atoms with van der Waals surface area (Å²) in [6.45, 7) is 3.56. The number of piperidine rings is 1. The third-order valence-corrected chi connectivity index (χ3v) is 8.32. The van der Waals surface area contributed by atoms with Gasteiger partial charge in [-0.25, -0.2) is 8.42 Å². The Hall–Kier alpha value is -3.08. The van der Waals surface area contributed by atoms with E-state index in [2.05, 4.69) is 46.5 Å². The van der Waals surface area contributed by atoms with Gasteiger partial charge in [-0.15, -0.1) is 0 Å². The molecule has 0 saturated carbocycles. The summed E-state index contributed by atoms with van der Waals surface area (Å²) in [5.74, 6) is 0.647. The van der Waals surface area contributed by atoms with Gasteiger partial charge >= 0.3 is 0 Å². The molecule has 2 aromatic heterocycles. The van der Waals surface area contributed by atoms with Gasteiger partial charge in [-0.3, -0.25) is 14.3 Å². The fourth-order valence-corrected chi connectivity index (χ4v) is 6.17. The molecule has 8 nitrogen and oxygen atoms in total. The Morgan fingerprint density at radius 3 is 2.65 bits per heavy atom. The van der Waals surface area contributed by atoms with Gasteiger partial charge in [-0.1, -0.05) is 48.0 Å². The molecule has 1 N–H and O–H groups in total. The van der Waals surface area contributed by atoms with Gasteiger partial charge in [-0.2, -0.15) is 14.5 Å². The molecule has 176 valence electrons. The molecule has 1 atom stereocenters. The summed E-state index contributed by atoms with van der Waals surface area (Å²) >= 11 is 5.53. The maximum Gasteiger partial charge on any atom is 0.243 e. The quantitative estimate of drug-likeness (QED) is 0.409. The molecule has 1 unspecified atom stereocenters. The molecule has 10 heteroatoms. The van der Waals surface area contributed by atoms with Crippen LogP contribution in [0.5, 0.6) is 0 Å². The highest BCUT2D eigenvalue weighted by Crippen LogP contribution is 2.30. The number of aromatic nitrogens is 5. The Morgan fingerprint density at radius 2 is 1.88 bits per heavy atom. The van der Waals surface area contributed by atoms with E-state index in [9.17, 15) is 8.42 Å². The summed E-state index contributed by atoms with van der Waals surface area (Å²) in [4.78, 5) is 0.312. The van der Waals surface area contributed by atoms with Crippen LogP contribution in [0, 0.1) is 11.7 Å². The van der Waals surface area contributed by atoms with Gasteiger partial charge in [0.15, 0.2) is 4.77 Å².